The molecule has 0 saturated heterocycles. The highest BCUT2D eigenvalue weighted by Gasteiger charge is 2.07. The molecule has 20 heavy (non-hydrogen) atoms. The average molecular weight is 286 g/mol. The maximum atomic E-state index is 9.28. The first-order valence-corrected chi connectivity index (χ1v) is 7.15. The largest absolute Gasteiger partial charge is 0.462 e. The van der Waals surface area contributed by atoms with E-state index in [1.165, 1.54) is 0 Å². The van der Waals surface area contributed by atoms with Gasteiger partial charge >= 0.3 is 0 Å². The molecule has 4 nitrogen and oxygen atoms in total. The van der Waals surface area contributed by atoms with Crippen LogP contribution in [0, 0.1) is 0 Å². The number of rotatable bonds is 5. The van der Waals surface area contributed by atoms with Crippen LogP contribution in [0.15, 0.2) is 52.5 Å². The minimum Gasteiger partial charge on any atom is -0.462 e. The van der Waals surface area contributed by atoms with Gasteiger partial charge in [0.15, 0.2) is 10.8 Å². The lowest BCUT2D eigenvalue weighted by molar-refractivity contribution is 0.282. The smallest absolute Gasteiger partial charge is 0.162 e. The van der Waals surface area contributed by atoms with Crippen LogP contribution in [0.4, 0.5) is 5.69 Å². The van der Waals surface area contributed by atoms with E-state index in [1.54, 1.807) is 17.6 Å². The van der Waals surface area contributed by atoms with E-state index in [4.69, 9.17) is 4.42 Å². The molecular formula is C15H14N2O2S. The van der Waals surface area contributed by atoms with E-state index < -0.39 is 0 Å². The molecule has 0 radical (unpaired) electrons. The fourth-order valence-electron chi connectivity index (χ4n) is 1.92. The number of nitrogens with zero attached hydrogens (tertiary/aromatic N) is 1. The van der Waals surface area contributed by atoms with Crippen molar-refractivity contribution in [3.8, 4) is 10.8 Å². The Kier molecular flexibility index (Phi) is 3.80. The fourth-order valence-corrected chi connectivity index (χ4v) is 2.70. The number of aliphatic hydroxyl groups is 1. The van der Waals surface area contributed by atoms with E-state index in [-0.39, 0.29) is 6.61 Å². The lowest BCUT2D eigenvalue weighted by Gasteiger charge is -2.08. The van der Waals surface area contributed by atoms with Crippen molar-refractivity contribution < 1.29 is 9.52 Å². The van der Waals surface area contributed by atoms with Gasteiger partial charge in [0, 0.05) is 16.6 Å². The van der Waals surface area contributed by atoms with Crippen LogP contribution < -0.4 is 5.32 Å². The van der Waals surface area contributed by atoms with Crippen LogP contribution in [0.1, 0.15) is 11.3 Å². The highest BCUT2D eigenvalue weighted by Crippen LogP contribution is 2.24. The summed E-state index contributed by atoms with van der Waals surface area (Å²) in [5, 5.41) is 15.5. The molecule has 2 N–H and O–H groups in total. The van der Waals surface area contributed by atoms with Crippen molar-refractivity contribution in [2.24, 2.45) is 0 Å². The lowest BCUT2D eigenvalue weighted by atomic mass is 10.2. The maximum Gasteiger partial charge on any atom is 0.162 e. The van der Waals surface area contributed by atoms with E-state index in [0.717, 1.165) is 27.7 Å². The summed E-state index contributed by atoms with van der Waals surface area (Å²) in [5.74, 6) is 0.789. The summed E-state index contributed by atoms with van der Waals surface area (Å²) in [6.45, 7) is 0.645. The molecule has 2 aromatic heterocycles. The summed E-state index contributed by atoms with van der Waals surface area (Å²) in [5.41, 5.74) is 2.77. The van der Waals surface area contributed by atoms with Crippen LogP contribution in [-0.4, -0.2) is 10.1 Å². The molecule has 3 rings (SSSR count). The quantitative estimate of drug-likeness (QED) is 0.753. The van der Waals surface area contributed by atoms with E-state index >= 15 is 0 Å². The highest BCUT2D eigenvalue weighted by atomic mass is 32.1. The minimum atomic E-state index is 0.0257. The van der Waals surface area contributed by atoms with Crippen LogP contribution in [0.2, 0.25) is 0 Å². The monoisotopic (exact) mass is 286 g/mol. The second kappa shape index (κ2) is 5.90. The van der Waals surface area contributed by atoms with Crippen LogP contribution in [0.5, 0.6) is 0 Å². The normalized spacial score (nSPS) is 10.7. The van der Waals surface area contributed by atoms with Gasteiger partial charge in [0.05, 0.1) is 25.1 Å². The third kappa shape index (κ3) is 2.74. The summed E-state index contributed by atoms with van der Waals surface area (Å²) in [7, 11) is 0. The van der Waals surface area contributed by atoms with Crippen molar-refractivity contribution in [2.45, 2.75) is 13.2 Å². The number of nitrogens with one attached hydrogen (secondary N) is 1. The number of aromatic nitrogens is 1. The molecule has 0 saturated carbocycles. The molecule has 3 aromatic rings. The zero-order chi connectivity index (χ0) is 13.8. The Hall–Kier alpha value is -2.11. The molecule has 2 heterocycles. The molecule has 1 aromatic carbocycles. The predicted octanol–water partition coefficient (Wildman–Crippen LogP) is 3.51. The SMILES string of the molecule is OCc1ccccc1NCc1csc(-c2ccco2)n1. The second-order valence-corrected chi connectivity index (χ2v) is 5.15. The van der Waals surface area contributed by atoms with E-state index in [9.17, 15) is 5.11 Å². The number of aliphatic hydroxyl groups excluding tert-OH is 1. The predicted molar refractivity (Wildman–Crippen MR) is 79.5 cm³/mol. The molecule has 0 aliphatic carbocycles. The maximum absolute atomic E-state index is 9.28. The summed E-state index contributed by atoms with van der Waals surface area (Å²) in [6.07, 6.45) is 1.64. The first kappa shape index (κ1) is 12.9. The average Bonchev–Trinajstić information content (AvgIpc) is 3.16. The summed E-state index contributed by atoms with van der Waals surface area (Å²) >= 11 is 1.56. The van der Waals surface area contributed by atoms with Gasteiger partial charge in [0.2, 0.25) is 0 Å². The Morgan fingerprint density at radius 3 is 2.90 bits per heavy atom. The molecule has 0 bridgehead atoms. The van der Waals surface area contributed by atoms with Crippen molar-refractivity contribution in [1.82, 2.24) is 4.98 Å². The first-order chi connectivity index (χ1) is 9.86. The number of para-hydroxylation sites is 1. The molecule has 102 valence electrons. The van der Waals surface area contributed by atoms with E-state index in [2.05, 4.69) is 10.3 Å². The topological polar surface area (TPSA) is 58.3 Å². The highest BCUT2D eigenvalue weighted by molar-refractivity contribution is 7.13. The van der Waals surface area contributed by atoms with Crippen molar-refractivity contribution in [3.05, 3.63) is 59.3 Å². The number of hydrogen-bond acceptors (Lipinski definition) is 5. The summed E-state index contributed by atoms with van der Waals surface area (Å²) in [4.78, 5) is 4.52. The van der Waals surface area contributed by atoms with Gasteiger partial charge in [-0.05, 0) is 18.2 Å². The number of anilines is 1. The van der Waals surface area contributed by atoms with E-state index in [0.29, 0.717) is 6.54 Å². The van der Waals surface area contributed by atoms with Gasteiger partial charge in [-0.1, -0.05) is 18.2 Å². The van der Waals surface area contributed by atoms with Crippen molar-refractivity contribution in [3.63, 3.8) is 0 Å². The van der Waals surface area contributed by atoms with Crippen LogP contribution in [0.3, 0.4) is 0 Å². The molecule has 0 amide bonds. The molecule has 0 aliphatic heterocycles. The minimum absolute atomic E-state index is 0.0257. The molecule has 0 unspecified atom stereocenters. The van der Waals surface area contributed by atoms with Gasteiger partial charge in [-0.2, -0.15) is 0 Å². The molecule has 0 fully saturated rings. The Balaban J connectivity index is 1.70. The number of benzene rings is 1. The fraction of sp³-hybridized carbons (Fsp3) is 0.133. The van der Waals surface area contributed by atoms with Gasteiger partial charge in [-0.25, -0.2) is 4.98 Å². The molecular weight excluding hydrogens is 272 g/mol. The number of hydrogen-bond donors (Lipinski definition) is 2. The second-order valence-electron chi connectivity index (χ2n) is 4.29. The molecule has 5 heteroatoms. The molecule has 0 atom stereocenters. The summed E-state index contributed by atoms with van der Waals surface area (Å²) in [6, 6.07) is 11.5. The van der Waals surface area contributed by atoms with Crippen LogP contribution in [-0.2, 0) is 13.2 Å². The van der Waals surface area contributed by atoms with E-state index in [1.807, 2.05) is 41.8 Å². The Bertz CT molecular complexity index is 677. The number of thiazole rings is 1. The molecule has 0 spiro atoms. The zero-order valence-electron chi connectivity index (χ0n) is 10.7. The standard InChI is InChI=1S/C15H14N2O2S/c18-9-11-4-1-2-5-13(11)16-8-12-10-20-15(17-12)14-6-3-7-19-14/h1-7,10,16,18H,8-9H2. The Morgan fingerprint density at radius 2 is 2.10 bits per heavy atom. The Labute approximate surface area is 120 Å². The first-order valence-electron chi connectivity index (χ1n) is 6.28. The molecule has 0 aliphatic rings. The zero-order valence-corrected chi connectivity index (χ0v) is 11.6. The Morgan fingerprint density at radius 1 is 1.20 bits per heavy atom. The number of furan rings is 1. The van der Waals surface area contributed by atoms with Gasteiger partial charge in [-0.3, -0.25) is 0 Å². The van der Waals surface area contributed by atoms with Gasteiger partial charge in [0.25, 0.3) is 0 Å². The third-order valence-corrected chi connectivity index (χ3v) is 3.84. The lowest BCUT2D eigenvalue weighted by Crippen LogP contribution is -2.02. The van der Waals surface area contributed by atoms with Crippen LogP contribution >= 0.6 is 11.3 Å². The van der Waals surface area contributed by atoms with Gasteiger partial charge < -0.3 is 14.8 Å². The van der Waals surface area contributed by atoms with Crippen molar-refractivity contribution >= 4 is 17.0 Å². The summed E-state index contributed by atoms with van der Waals surface area (Å²) < 4.78 is 5.33. The van der Waals surface area contributed by atoms with Gasteiger partial charge in [-0.15, -0.1) is 11.3 Å². The van der Waals surface area contributed by atoms with Gasteiger partial charge in [0.1, 0.15) is 0 Å². The van der Waals surface area contributed by atoms with Crippen molar-refractivity contribution in [1.29, 1.82) is 0 Å². The van der Waals surface area contributed by atoms with Crippen molar-refractivity contribution in [2.75, 3.05) is 5.32 Å². The third-order valence-electron chi connectivity index (χ3n) is 2.93. The van der Waals surface area contributed by atoms with Crippen LogP contribution in [0.25, 0.3) is 10.8 Å².